The summed E-state index contributed by atoms with van der Waals surface area (Å²) in [6.45, 7) is 10.2. The zero-order valence-corrected chi connectivity index (χ0v) is 51.3. The van der Waals surface area contributed by atoms with Gasteiger partial charge in [-0.15, -0.1) is 5.10 Å². The van der Waals surface area contributed by atoms with Gasteiger partial charge < -0.3 is 33.8 Å². The van der Waals surface area contributed by atoms with Gasteiger partial charge in [0, 0.05) is 51.7 Å². The number of nitrogens with one attached hydrogen (secondary N) is 3. The normalized spacial score (nSPS) is 18.3. The van der Waals surface area contributed by atoms with Gasteiger partial charge >= 0.3 is 0 Å². The van der Waals surface area contributed by atoms with Crippen LogP contribution in [0.3, 0.4) is 0 Å². The predicted molar refractivity (Wildman–Crippen MR) is 363 cm³/mol. The van der Waals surface area contributed by atoms with Gasteiger partial charge in [-0.1, -0.05) is 167 Å². The number of para-hydroxylation sites is 8. The van der Waals surface area contributed by atoms with Crippen LogP contribution in [0.25, 0.3) is 0 Å². The van der Waals surface area contributed by atoms with Crippen molar-refractivity contribution in [2.45, 2.75) is 91.7 Å². The second kappa shape index (κ2) is 26.5. The molecular weight excluding hydrogens is 1100 g/mol. The smallest absolute Gasteiger partial charge is 0.240 e. The number of hydrogen-bond acceptors (Lipinski definition) is 11. The van der Waals surface area contributed by atoms with Crippen molar-refractivity contribution in [1.82, 2.24) is 16.3 Å². The molecule has 3 N–H and O–H groups in total. The molecule has 2 fully saturated rings. The van der Waals surface area contributed by atoms with E-state index in [1.165, 1.54) is 46.6 Å². The number of hydrogen-bond donors (Lipinski definition) is 3. The molecule has 3 aliphatic carbocycles. The number of rotatable bonds is 11. The van der Waals surface area contributed by atoms with Crippen molar-refractivity contribution in [3.8, 4) is 17.2 Å². The Morgan fingerprint density at radius 2 is 1.00 bits per heavy atom. The molecule has 0 aromatic heterocycles. The van der Waals surface area contributed by atoms with E-state index >= 15 is 0 Å². The van der Waals surface area contributed by atoms with Crippen LogP contribution in [0.4, 0.5) is 45.5 Å². The minimum Gasteiger partial charge on any atom is -0.457 e. The molecule has 89 heavy (non-hydrogen) atoms. The van der Waals surface area contributed by atoms with Crippen molar-refractivity contribution in [3.63, 3.8) is 0 Å². The van der Waals surface area contributed by atoms with Crippen LogP contribution in [0.15, 0.2) is 283 Å². The van der Waals surface area contributed by atoms with Gasteiger partial charge in [0.15, 0.2) is 17.2 Å². The van der Waals surface area contributed by atoms with Crippen LogP contribution < -0.4 is 45.4 Å². The first-order valence-electron chi connectivity index (χ1n) is 31.7. The Morgan fingerprint density at radius 1 is 0.483 bits per heavy atom. The Bertz CT molecular complexity index is 4040. The molecule has 9 aromatic rings. The Morgan fingerprint density at radius 3 is 1.63 bits per heavy atom. The highest BCUT2D eigenvalue weighted by Gasteiger charge is 2.37. The van der Waals surface area contributed by atoms with E-state index in [2.05, 4.69) is 230 Å². The Labute approximate surface area is 524 Å². The molecule has 0 bridgehead atoms. The topological polar surface area (TPSA) is 89.1 Å². The fourth-order valence-electron chi connectivity index (χ4n) is 12.5. The molecule has 11 heteroatoms. The molecular formula is C78H76N8O3. The molecule has 4 aliphatic heterocycles. The van der Waals surface area contributed by atoms with Crippen molar-refractivity contribution in [3.05, 3.63) is 305 Å². The zero-order chi connectivity index (χ0) is 60.6. The number of hydrazone groups is 1. The number of anilines is 8. The number of aryl methyl sites for hydroxylation is 1. The van der Waals surface area contributed by atoms with E-state index in [9.17, 15) is 0 Å². The monoisotopic (exact) mass is 1170 g/mol. The molecule has 1 saturated carbocycles. The maximum atomic E-state index is 6.36. The van der Waals surface area contributed by atoms with E-state index in [0.717, 1.165) is 106 Å². The van der Waals surface area contributed by atoms with E-state index in [4.69, 9.17) is 14.2 Å². The van der Waals surface area contributed by atoms with Crippen molar-refractivity contribution >= 4 is 51.4 Å². The molecule has 16 rings (SSSR count). The van der Waals surface area contributed by atoms with Crippen LogP contribution in [0, 0.1) is 12.8 Å². The van der Waals surface area contributed by atoms with Crippen molar-refractivity contribution in [2.24, 2.45) is 11.0 Å². The highest BCUT2D eigenvalue weighted by Crippen LogP contribution is 2.51. The summed E-state index contributed by atoms with van der Waals surface area (Å²) in [4.78, 5) is 9.50. The maximum Gasteiger partial charge on any atom is 0.240 e. The first-order chi connectivity index (χ1) is 44.1. The van der Waals surface area contributed by atoms with Crippen LogP contribution in [0.2, 0.25) is 0 Å². The molecule has 4 heterocycles. The van der Waals surface area contributed by atoms with E-state index in [0.29, 0.717) is 5.90 Å². The zero-order valence-electron chi connectivity index (χ0n) is 51.3. The number of ether oxygens (including phenoxy) is 3. The third-order valence-corrected chi connectivity index (χ3v) is 16.9. The number of benzene rings is 9. The second-order valence-electron chi connectivity index (χ2n) is 22.3. The average Bonchev–Trinajstić information content (AvgIpc) is 2.68. The minimum atomic E-state index is -0.312. The van der Waals surface area contributed by atoms with Crippen LogP contribution in [0.5, 0.6) is 17.2 Å². The van der Waals surface area contributed by atoms with Gasteiger partial charge in [0.2, 0.25) is 12.1 Å². The molecule has 9 aromatic carbocycles. The lowest BCUT2D eigenvalue weighted by atomic mass is 9.96. The molecule has 3 atom stereocenters. The molecule has 0 spiro atoms. The molecule has 11 nitrogen and oxygen atoms in total. The summed E-state index contributed by atoms with van der Waals surface area (Å²) in [6.07, 6.45) is 15.5. The van der Waals surface area contributed by atoms with Gasteiger partial charge in [0.05, 0.1) is 22.8 Å². The quantitative estimate of drug-likeness (QED) is 0.116. The summed E-state index contributed by atoms with van der Waals surface area (Å²) in [7, 11) is 0. The lowest BCUT2D eigenvalue weighted by Gasteiger charge is -2.35. The van der Waals surface area contributed by atoms with Crippen LogP contribution >= 0.6 is 0 Å². The highest BCUT2D eigenvalue weighted by atomic mass is 16.5. The van der Waals surface area contributed by atoms with Gasteiger partial charge in [-0.05, 0) is 182 Å². The number of hydrazine groups is 1. The number of fused-ring (bicyclic) bond motifs is 3. The molecule has 1 saturated heterocycles. The molecule has 3 unspecified atom stereocenters. The average molecular weight is 1170 g/mol. The van der Waals surface area contributed by atoms with E-state index in [1.54, 1.807) is 5.57 Å². The number of nitrogens with zero attached hydrogens (tertiary/aromatic N) is 5. The molecule has 0 amide bonds. The van der Waals surface area contributed by atoms with Gasteiger partial charge in [0.25, 0.3) is 0 Å². The molecule has 0 radical (unpaired) electrons. The highest BCUT2D eigenvalue weighted by molar-refractivity contribution is 5.95. The van der Waals surface area contributed by atoms with Crippen molar-refractivity contribution in [1.29, 1.82) is 0 Å². The Balaban J connectivity index is 0.000000176. The first kappa shape index (κ1) is 58.0. The lowest BCUT2D eigenvalue weighted by Crippen LogP contribution is -2.29. The van der Waals surface area contributed by atoms with Crippen LogP contribution in [-0.2, 0) is 4.74 Å². The third kappa shape index (κ3) is 11.8. The van der Waals surface area contributed by atoms with E-state index in [-0.39, 0.29) is 18.6 Å². The van der Waals surface area contributed by atoms with Gasteiger partial charge in [0.1, 0.15) is 18.1 Å². The summed E-state index contributed by atoms with van der Waals surface area (Å²) in [6, 6.07) is 80.4. The summed E-state index contributed by atoms with van der Waals surface area (Å²) in [5.74, 6) is 4.94. The standard InChI is InChI=1S/C48H45N5O.C26H19N3O2.2C2H6/c1-33-13-5-7-17-41(33)51(42-18-8-6-16-40(42)34-23-24-34)38-29-25-35(26-30-38)47-49-50-48(53(47)37-14-3-2-4-15-37)36-27-31-39(32-28-36)52-43-19-9-11-21-45(43)54-46-22-12-10-20-44(46)52;1-2-8-18(9-3-1)25-27-28-26(31-25)19-14-16-20(17-15-19)29-21-10-4-6-12-23(21)30-24-13-7-5-11-22(24)29;2*1-2/h2-5,7-11,13-15,17-21,25-32,34,47-50H,6,12,16,22-24H2,1H3;1-17,26,28H;2*1-2H3. The van der Waals surface area contributed by atoms with Crippen molar-refractivity contribution in [2.75, 3.05) is 19.6 Å². The van der Waals surface area contributed by atoms with Gasteiger partial charge in [-0.25, -0.2) is 10.9 Å². The van der Waals surface area contributed by atoms with E-state index < -0.39 is 0 Å². The Kier molecular flexibility index (Phi) is 17.3. The summed E-state index contributed by atoms with van der Waals surface area (Å²) < 4.78 is 18.5. The van der Waals surface area contributed by atoms with Gasteiger partial charge in [-0.2, -0.15) is 0 Å². The fraction of sp³-hybridized carbons (Fsp3) is 0.192. The number of allylic oxidation sites excluding steroid dienone is 6. The summed E-state index contributed by atoms with van der Waals surface area (Å²) >= 11 is 0. The van der Waals surface area contributed by atoms with E-state index in [1.807, 2.05) is 100 Å². The third-order valence-electron chi connectivity index (χ3n) is 16.9. The minimum absolute atomic E-state index is 0.0833. The maximum absolute atomic E-state index is 6.36. The van der Waals surface area contributed by atoms with Crippen molar-refractivity contribution < 1.29 is 14.2 Å². The summed E-state index contributed by atoms with van der Waals surface area (Å²) in [5.41, 5.74) is 29.0. The molecule has 7 aliphatic rings. The fourth-order valence-corrected chi connectivity index (χ4v) is 12.5. The largest absolute Gasteiger partial charge is 0.457 e. The van der Waals surface area contributed by atoms with Gasteiger partial charge in [-0.3, -0.25) is 5.43 Å². The predicted octanol–water partition coefficient (Wildman–Crippen LogP) is 19.8. The van der Waals surface area contributed by atoms with Crippen LogP contribution in [0.1, 0.15) is 113 Å². The summed E-state index contributed by atoms with van der Waals surface area (Å²) in [5, 5.41) is 4.35. The SMILES string of the molecule is CC.CC.Cc1ccccc1N(C1=C(C2CC2)CCC=C1)c1ccc(C2NNC(c3ccc(N4C5=C(CCC=C5)Oc5ccccc54)cc3)N2c2ccccc2)cc1.c1ccc(C2=NNC(c3ccc(N4c5ccccc5Oc5ccccc54)cc3)O2)cc1. The lowest BCUT2D eigenvalue weighted by molar-refractivity contribution is 0.192. The molecule has 446 valence electrons. The van der Waals surface area contributed by atoms with Crippen LogP contribution in [-0.4, -0.2) is 5.90 Å². The Hall–Kier alpha value is -10.1. The first-order valence-corrected chi connectivity index (χ1v) is 31.7. The second-order valence-corrected chi connectivity index (χ2v) is 22.3.